The third kappa shape index (κ3) is 2.37. The zero-order valence-electron chi connectivity index (χ0n) is 11.1. The summed E-state index contributed by atoms with van der Waals surface area (Å²) in [7, 11) is -4.09. The van der Waals surface area contributed by atoms with Gasteiger partial charge < -0.3 is 0 Å². The summed E-state index contributed by atoms with van der Waals surface area (Å²) in [5.74, 6) is 0. The van der Waals surface area contributed by atoms with Gasteiger partial charge >= 0.3 is 0 Å². The first-order valence-corrected chi connectivity index (χ1v) is 7.66. The Balaban J connectivity index is 2.08. The molecule has 0 aliphatic rings. The molecule has 0 aliphatic carbocycles. The smallest absolute Gasteiger partial charge is 0.279 e. The fourth-order valence-electron chi connectivity index (χ4n) is 2.09. The van der Waals surface area contributed by atoms with Crippen molar-refractivity contribution in [3.63, 3.8) is 0 Å². The number of H-pyrrole nitrogens is 1. The summed E-state index contributed by atoms with van der Waals surface area (Å²) in [5.41, 5.74) is 0.474. The van der Waals surface area contributed by atoms with Crippen molar-refractivity contribution in [2.75, 3.05) is 4.72 Å². The Labute approximate surface area is 125 Å². The molecule has 0 radical (unpaired) electrons. The van der Waals surface area contributed by atoms with Crippen LogP contribution in [0.4, 0.5) is 11.4 Å². The van der Waals surface area contributed by atoms with Crippen molar-refractivity contribution in [3.8, 4) is 0 Å². The molecule has 0 saturated heterocycles. The SMILES string of the molecule is O=[N+]([O-])c1ccccc1S(=O)(=O)Nc1cccc2[nH]ncc12. The fraction of sp³-hybridized carbons (Fsp3) is 0. The molecule has 2 N–H and O–H groups in total. The van der Waals surface area contributed by atoms with Gasteiger partial charge in [-0.15, -0.1) is 0 Å². The lowest BCUT2D eigenvalue weighted by atomic mass is 10.2. The van der Waals surface area contributed by atoms with Crippen LogP contribution in [0, 0.1) is 10.1 Å². The molecule has 0 aliphatic heterocycles. The van der Waals surface area contributed by atoms with E-state index >= 15 is 0 Å². The molecule has 2 aromatic carbocycles. The van der Waals surface area contributed by atoms with Crippen molar-refractivity contribution < 1.29 is 13.3 Å². The lowest BCUT2D eigenvalue weighted by Gasteiger charge is -2.09. The Hall–Kier alpha value is -2.94. The van der Waals surface area contributed by atoms with E-state index in [4.69, 9.17) is 0 Å². The number of hydrogen-bond acceptors (Lipinski definition) is 5. The predicted molar refractivity (Wildman–Crippen MR) is 80.0 cm³/mol. The highest BCUT2D eigenvalue weighted by Crippen LogP contribution is 2.28. The number of aromatic nitrogens is 2. The van der Waals surface area contributed by atoms with Crippen molar-refractivity contribution in [1.29, 1.82) is 0 Å². The molecule has 0 bridgehead atoms. The van der Waals surface area contributed by atoms with Crippen molar-refractivity contribution in [1.82, 2.24) is 10.2 Å². The number of nitro benzene ring substituents is 1. The van der Waals surface area contributed by atoms with E-state index < -0.39 is 20.6 Å². The fourth-order valence-corrected chi connectivity index (χ4v) is 3.35. The van der Waals surface area contributed by atoms with Gasteiger partial charge in [-0.25, -0.2) is 8.42 Å². The second-order valence-corrected chi connectivity index (χ2v) is 6.12. The van der Waals surface area contributed by atoms with Crippen LogP contribution in [0.15, 0.2) is 53.6 Å². The summed E-state index contributed by atoms with van der Waals surface area (Å²) >= 11 is 0. The molecule has 1 heterocycles. The number of nitrogens with zero attached hydrogens (tertiary/aromatic N) is 2. The zero-order valence-corrected chi connectivity index (χ0v) is 11.9. The van der Waals surface area contributed by atoms with Crippen LogP contribution in [0.1, 0.15) is 0 Å². The molecule has 9 heteroatoms. The number of aromatic amines is 1. The van der Waals surface area contributed by atoms with Crippen molar-refractivity contribution in [2.24, 2.45) is 0 Å². The first kappa shape index (κ1) is 14.0. The molecule has 0 fully saturated rings. The van der Waals surface area contributed by atoms with Gasteiger partial charge in [0, 0.05) is 11.5 Å². The second-order valence-electron chi connectivity index (χ2n) is 4.47. The molecule has 3 rings (SSSR count). The number of fused-ring (bicyclic) bond motifs is 1. The molecule has 1 aromatic heterocycles. The first-order chi connectivity index (χ1) is 10.5. The molecule has 0 saturated carbocycles. The van der Waals surface area contributed by atoms with Gasteiger partial charge in [-0.1, -0.05) is 18.2 Å². The molecule has 0 unspecified atom stereocenters. The number of nitrogens with one attached hydrogen (secondary N) is 2. The number of benzene rings is 2. The van der Waals surface area contributed by atoms with E-state index in [0.717, 1.165) is 6.07 Å². The van der Waals surface area contributed by atoms with E-state index in [2.05, 4.69) is 14.9 Å². The Bertz CT molecular complexity index is 965. The van der Waals surface area contributed by atoms with Gasteiger partial charge in [-0.2, -0.15) is 5.10 Å². The molecule has 0 amide bonds. The quantitative estimate of drug-likeness (QED) is 0.565. The largest absolute Gasteiger partial charge is 0.289 e. The molecule has 0 spiro atoms. The number of sulfonamides is 1. The van der Waals surface area contributed by atoms with Crippen LogP contribution in [0.2, 0.25) is 0 Å². The Kier molecular flexibility index (Phi) is 3.26. The van der Waals surface area contributed by atoms with E-state index in [-0.39, 0.29) is 4.90 Å². The summed E-state index contributed by atoms with van der Waals surface area (Å²) in [4.78, 5) is 9.87. The van der Waals surface area contributed by atoms with Gasteiger partial charge in [0.05, 0.1) is 22.3 Å². The van der Waals surface area contributed by atoms with Crippen LogP contribution >= 0.6 is 0 Å². The standard InChI is InChI=1S/C13H10N4O4S/c18-17(19)12-6-1-2-7-13(12)22(20,21)16-11-5-3-4-10-9(11)8-14-15-10/h1-8,16H,(H,14,15). The number of para-hydroxylation sites is 1. The Morgan fingerprint density at radius 2 is 1.91 bits per heavy atom. The van der Waals surface area contributed by atoms with Crippen molar-refractivity contribution in [3.05, 3.63) is 58.8 Å². The third-order valence-corrected chi connectivity index (χ3v) is 4.49. The first-order valence-electron chi connectivity index (χ1n) is 6.17. The maximum Gasteiger partial charge on any atom is 0.289 e. The van der Waals surface area contributed by atoms with E-state index in [1.807, 2.05) is 0 Å². The molecule has 3 aromatic rings. The van der Waals surface area contributed by atoms with Crippen LogP contribution in [0.3, 0.4) is 0 Å². The number of nitro groups is 1. The summed E-state index contributed by atoms with van der Waals surface area (Å²) in [6.45, 7) is 0. The zero-order chi connectivity index (χ0) is 15.7. The Morgan fingerprint density at radius 1 is 1.14 bits per heavy atom. The van der Waals surface area contributed by atoms with Gasteiger partial charge in [0.25, 0.3) is 15.7 Å². The van der Waals surface area contributed by atoms with Crippen LogP contribution < -0.4 is 4.72 Å². The van der Waals surface area contributed by atoms with E-state index in [0.29, 0.717) is 16.6 Å². The summed E-state index contributed by atoms with van der Waals surface area (Å²) in [5, 5.41) is 18.1. The van der Waals surface area contributed by atoms with E-state index in [9.17, 15) is 18.5 Å². The minimum Gasteiger partial charge on any atom is -0.279 e. The maximum absolute atomic E-state index is 12.4. The number of anilines is 1. The molecule has 0 atom stereocenters. The summed E-state index contributed by atoms with van der Waals surface area (Å²) < 4.78 is 27.3. The van der Waals surface area contributed by atoms with Crippen LogP contribution in [-0.2, 0) is 10.0 Å². The molecule has 112 valence electrons. The number of rotatable bonds is 4. The van der Waals surface area contributed by atoms with Crippen LogP contribution in [0.25, 0.3) is 10.9 Å². The van der Waals surface area contributed by atoms with E-state index in [1.54, 1.807) is 18.2 Å². The van der Waals surface area contributed by atoms with Crippen LogP contribution in [-0.4, -0.2) is 23.5 Å². The van der Waals surface area contributed by atoms with Gasteiger partial charge in [-0.05, 0) is 18.2 Å². The van der Waals surface area contributed by atoms with Crippen LogP contribution in [0.5, 0.6) is 0 Å². The Morgan fingerprint density at radius 3 is 2.68 bits per heavy atom. The highest BCUT2D eigenvalue weighted by atomic mass is 32.2. The second kappa shape index (κ2) is 5.11. The highest BCUT2D eigenvalue weighted by Gasteiger charge is 2.25. The molecular weight excluding hydrogens is 308 g/mol. The van der Waals surface area contributed by atoms with Crippen molar-refractivity contribution in [2.45, 2.75) is 4.90 Å². The summed E-state index contributed by atoms with van der Waals surface area (Å²) in [6.07, 6.45) is 1.48. The normalized spacial score (nSPS) is 11.5. The summed E-state index contributed by atoms with van der Waals surface area (Å²) in [6, 6.07) is 10.1. The van der Waals surface area contributed by atoms with Gasteiger partial charge in [0.1, 0.15) is 0 Å². The average molecular weight is 318 g/mol. The molecular formula is C13H10N4O4S. The third-order valence-electron chi connectivity index (χ3n) is 3.08. The minimum absolute atomic E-state index is 0.296. The van der Waals surface area contributed by atoms with Gasteiger partial charge in [0.15, 0.2) is 4.90 Å². The average Bonchev–Trinajstić information content (AvgIpc) is 2.96. The molecule has 22 heavy (non-hydrogen) atoms. The van der Waals surface area contributed by atoms with Gasteiger partial charge in [-0.3, -0.25) is 19.9 Å². The highest BCUT2D eigenvalue weighted by molar-refractivity contribution is 7.92. The predicted octanol–water partition coefficient (Wildman–Crippen LogP) is 2.27. The minimum atomic E-state index is -4.09. The lowest BCUT2D eigenvalue weighted by molar-refractivity contribution is -0.387. The van der Waals surface area contributed by atoms with Crippen molar-refractivity contribution >= 4 is 32.3 Å². The van der Waals surface area contributed by atoms with Gasteiger partial charge in [0.2, 0.25) is 0 Å². The number of hydrogen-bond donors (Lipinski definition) is 2. The molecule has 8 nitrogen and oxygen atoms in total. The van der Waals surface area contributed by atoms with E-state index in [1.165, 1.54) is 24.4 Å². The monoisotopic (exact) mass is 318 g/mol. The lowest BCUT2D eigenvalue weighted by Crippen LogP contribution is -2.14. The maximum atomic E-state index is 12.4. The topological polar surface area (TPSA) is 118 Å².